The number of nitrogens with one attached hydrogen (secondary N) is 2. The molecule has 0 aliphatic heterocycles. The van der Waals surface area contributed by atoms with E-state index in [9.17, 15) is 9.59 Å². The Kier molecular flexibility index (Phi) is 5.92. The van der Waals surface area contributed by atoms with Crippen molar-refractivity contribution in [3.8, 4) is 0 Å². The fraction of sp³-hybridized carbons (Fsp3) is 0.263. The van der Waals surface area contributed by atoms with Crippen LogP contribution in [0.5, 0.6) is 0 Å². The van der Waals surface area contributed by atoms with Crippen LogP contribution in [-0.2, 0) is 22.7 Å². The average Bonchev–Trinajstić information content (AvgIpc) is 2.52. The predicted octanol–water partition coefficient (Wildman–Crippen LogP) is 2.63. The summed E-state index contributed by atoms with van der Waals surface area (Å²) in [5.41, 5.74) is 4.35. The van der Waals surface area contributed by atoms with Crippen molar-refractivity contribution in [2.45, 2.75) is 33.4 Å². The van der Waals surface area contributed by atoms with Crippen molar-refractivity contribution in [3.63, 3.8) is 0 Å². The van der Waals surface area contributed by atoms with E-state index in [1.165, 1.54) is 0 Å². The van der Waals surface area contributed by atoms with Crippen LogP contribution in [0, 0.1) is 13.8 Å². The highest BCUT2D eigenvalue weighted by molar-refractivity contribution is 5.96. The maximum atomic E-state index is 11.8. The highest BCUT2D eigenvalue weighted by Crippen LogP contribution is 2.06. The first-order valence-corrected chi connectivity index (χ1v) is 7.68. The van der Waals surface area contributed by atoms with E-state index in [1.54, 1.807) is 0 Å². The molecule has 0 unspecified atom stereocenters. The molecule has 4 nitrogen and oxygen atoms in total. The van der Waals surface area contributed by atoms with Crippen molar-refractivity contribution >= 4 is 11.8 Å². The molecule has 0 atom stereocenters. The van der Waals surface area contributed by atoms with Gasteiger partial charge in [-0.2, -0.15) is 0 Å². The van der Waals surface area contributed by atoms with Crippen LogP contribution in [0.25, 0.3) is 0 Å². The maximum absolute atomic E-state index is 11.8. The monoisotopic (exact) mass is 310 g/mol. The molecule has 23 heavy (non-hydrogen) atoms. The minimum atomic E-state index is -0.270. The molecule has 4 heteroatoms. The number of hydrogen-bond acceptors (Lipinski definition) is 2. The van der Waals surface area contributed by atoms with Crippen molar-refractivity contribution in [2.75, 3.05) is 0 Å². The molecule has 0 heterocycles. The largest absolute Gasteiger partial charge is 0.352 e. The van der Waals surface area contributed by atoms with E-state index in [1.807, 2.05) is 62.4 Å². The number of hydrogen-bond donors (Lipinski definition) is 2. The van der Waals surface area contributed by atoms with Crippen molar-refractivity contribution in [1.82, 2.24) is 10.6 Å². The number of carbonyl (C=O) groups is 2. The summed E-state index contributed by atoms with van der Waals surface area (Å²) < 4.78 is 0. The summed E-state index contributed by atoms with van der Waals surface area (Å²) in [6.07, 6.45) is -0.155. The van der Waals surface area contributed by atoms with Gasteiger partial charge in [0.25, 0.3) is 0 Å². The predicted molar refractivity (Wildman–Crippen MR) is 90.7 cm³/mol. The minimum Gasteiger partial charge on any atom is -0.352 e. The Hall–Kier alpha value is -2.62. The van der Waals surface area contributed by atoms with Crippen LogP contribution in [0.3, 0.4) is 0 Å². The summed E-state index contributed by atoms with van der Waals surface area (Å²) in [5.74, 6) is -0.538. The lowest BCUT2D eigenvalue weighted by atomic mass is 10.1. The van der Waals surface area contributed by atoms with E-state index >= 15 is 0 Å². The van der Waals surface area contributed by atoms with Crippen molar-refractivity contribution in [1.29, 1.82) is 0 Å². The van der Waals surface area contributed by atoms with Gasteiger partial charge in [-0.3, -0.25) is 9.59 Å². The summed E-state index contributed by atoms with van der Waals surface area (Å²) in [4.78, 5) is 23.6. The first kappa shape index (κ1) is 16.7. The molecule has 0 aromatic heterocycles. The van der Waals surface area contributed by atoms with Crippen molar-refractivity contribution < 1.29 is 9.59 Å². The van der Waals surface area contributed by atoms with E-state index in [0.29, 0.717) is 13.1 Å². The van der Waals surface area contributed by atoms with Crippen LogP contribution >= 0.6 is 0 Å². The molecule has 2 N–H and O–H groups in total. The van der Waals surface area contributed by atoms with Crippen molar-refractivity contribution in [2.24, 2.45) is 0 Å². The van der Waals surface area contributed by atoms with Gasteiger partial charge in [-0.05, 0) is 30.5 Å². The molecule has 0 bridgehead atoms. The van der Waals surface area contributed by atoms with Crippen LogP contribution in [0.1, 0.15) is 28.7 Å². The van der Waals surface area contributed by atoms with E-state index in [0.717, 1.165) is 22.3 Å². The molecule has 0 aliphatic carbocycles. The van der Waals surface area contributed by atoms with Crippen LogP contribution < -0.4 is 10.6 Å². The molecule has 2 aromatic rings. The second-order valence-corrected chi connectivity index (χ2v) is 5.65. The third-order valence-electron chi connectivity index (χ3n) is 3.63. The van der Waals surface area contributed by atoms with E-state index in [4.69, 9.17) is 0 Å². The zero-order valence-electron chi connectivity index (χ0n) is 13.6. The molecule has 2 aromatic carbocycles. The van der Waals surface area contributed by atoms with Gasteiger partial charge >= 0.3 is 0 Å². The molecule has 120 valence electrons. The minimum absolute atomic E-state index is 0.155. The molecule has 0 saturated carbocycles. The summed E-state index contributed by atoms with van der Waals surface area (Å²) in [6.45, 7) is 4.88. The molecule has 0 radical (unpaired) electrons. The van der Waals surface area contributed by atoms with Crippen LogP contribution in [0.2, 0.25) is 0 Å². The van der Waals surface area contributed by atoms with Gasteiger partial charge in [0.1, 0.15) is 6.42 Å². The average molecular weight is 310 g/mol. The van der Waals surface area contributed by atoms with E-state index < -0.39 is 0 Å². The second kappa shape index (κ2) is 8.13. The normalized spacial score (nSPS) is 10.2. The molecular formula is C19H22N2O2. The summed E-state index contributed by atoms with van der Waals surface area (Å²) >= 11 is 0. The third kappa shape index (κ3) is 5.58. The standard InChI is InChI=1S/C19H22N2O2/c1-14-6-5-8-16(10-14)12-20-18(22)11-19(23)21-13-17-9-4-3-7-15(17)2/h3-10H,11-13H2,1-2H3,(H,20,22)(H,21,23). The highest BCUT2D eigenvalue weighted by Gasteiger charge is 2.09. The van der Waals surface area contributed by atoms with Crippen LogP contribution in [0.4, 0.5) is 0 Å². The maximum Gasteiger partial charge on any atom is 0.229 e. The molecule has 0 saturated heterocycles. The van der Waals surface area contributed by atoms with Gasteiger partial charge in [0.2, 0.25) is 11.8 Å². The highest BCUT2D eigenvalue weighted by atomic mass is 16.2. The van der Waals surface area contributed by atoms with E-state index in [-0.39, 0.29) is 18.2 Å². The van der Waals surface area contributed by atoms with Gasteiger partial charge in [-0.25, -0.2) is 0 Å². The zero-order valence-corrected chi connectivity index (χ0v) is 13.6. The summed E-state index contributed by atoms with van der Waals surface area (Å²) in [5, 5.41) is 5.55. The quantitative estimate of drug-likeness (QED) is 0.806. The SMILES string of the molecule is Cc1cccc(CNC(=O)CC(=O)NCc2ccccc2C)c1. The smallest absolute Gasteiger partial charge is 0.229 e. The lowest BCUT2D eigenvalue weighted by Gasteiger charge is -2.09. The third-order valence-corrected chi connectivity index (χ3v) is 3.63. The number of benzene rings is 2. The van der Waals surface area contributed by atoms with Gasteiger partial charge in [0.15, 0.2) is 0 Å². The Labute approximate surface area is 136 Å². The first-order valence-electron chi connectivity index (χ1n) is 7.68. The van der Waals surface area contributed by atoms with Gasteiger partial charge in [0, 0.05) is 13.1 Å². The molecule has 2 amide bonds. The van der Waals surface area contributed by atoms with Crippen molar-refractivity contribution in [3.05, 3.63) is 70.8 Å². The van der Waals surface area contributed by atoms with Gasteiger partial charge in [-0.1, -0.05) is 54.1 Å². The fourth-order valence-corrected chi connectivity index (χ4v) is 2.30. The number of rotatable bonds is 6. The Balaban J connectivity index is 1.74. The van der Waals surface area contributed by atoms with Gasteiger partial charge < -0.3 is 10.6 Å². The Morgan fingerprint density at radius 1 is 0.870 bits per heavy atom. The molecule has 0 spiro atoms. The topological polar surface area (TPSA) is 58.2 Å². The Morgan fingerprint density at radius 2 is 1.57 bits per heavy atom. The summed E-state index contributed by atoms with van der Waals surface area (Å²) in [6, 6.07) is 15.8. The van der Waals surface area contributed by atoms with E-state index in [2.05, 4.69) is 10.6 Å². The number of aryl methyl sites for hydroxylation is 2. The van der Waals surface area contributed by atoms with Crippen LogP contribution in [0.15, 0.2) is 48.5 Å². The number of amides is 2. The van der Waals surface area contributed by atoms with Crippen LogP contribution in [-0.4, -0.2) is 11.8 Å². The molecule has 0 aliphatic rings. The second-order valence-electron chi connectivity index (χ2n) is 5.65. The molecular weight excluding hydrogens is 288 g/mol. The first-order chi connectivity index (χ1) is 11.0. The molecule has 0 fully saturated rings. The van der Waals surface area contributed by atoms with Gasteiger partial charge in [0.05, 0.1) is 0 Å². The Morgan fingerprint density at radius 3 is 2.26 bits per heavy atom. The summed E-state index contributed by atoms with van der Waals surface area (Å²) in [7, 11) is 0. The zero-order chi connectivity index (χ0) is 16.7. The lowest BCUT2D eigenvalue weighted by Crippen LogP contribution is -2.31. The lowest BCUT2D eigenvalue weighted by molar-refractivity contribution is -0.129. The molecule has 2 rings (SSSR count). The number of carbonyl (C=O) groups excluding carboxylic acids is 2. The van der Waals surface area contributed by atoms with Gasteiger partial charge in [-0.15, -0.1) is 0 Å². The fourth-order valence-electron chi connectivity index (χ4n) is 2.30. The Bertz CT molecular complexity index is 695.